The molecule has 0 radical (unpaired) electrons. The molecule has 1 amide bonds. The fourth-order valence-corrected chi connectivity index (χ4v) is 1.61. The van der Waals surface area contributed by atoms with Crippen LogP contribution in [0.2, 0.25) is 0 Å². The summed E-state index contributed by atoms with van der Waals surface area (Å²) in [5.41, 5.74) is 1.50. The fraction of sp³-hybridized carbons (Fsp3) is 0.538. The Balaban J connectivity index is 2.80. The summed E-state index contributed by atoms with van der Waals surface area (Å²) >= 11 is 0. The highest BCUT2D eigenvalue weighted by molar-refractivity contribution is 5.99. The molecule has 1 heterocycles. The molecule has 1 aromatic heterocycles. The smallest absolute Gasteiger partial charge is 0.257 e. The lowest BCUT2D eigenvalue weighted by atomic mass is 10.2. The van der Waals surface area contributed by atoms with Gasteiger partial charge < -0.3 is 10.2 Å². The summed E-state index contributed by atoms with van der Waals surface area (Å²) < 4.78 is 0. The van der Waals surface area contributed by atoms with Crippen molar-refractivity contribution >= 4 is 11.6 Å². The van der Waals surface area contributed by atoms with E-state index in [1.807, 2.05) is 20.0 Å². The molecule has 94 valence electrons. The monoisotopic (exact) mass is 235 g/mol. The van der Waals surface area contributed by atoms with E-state index in [4.69, 9.17) is 0 Å². The van der Waals surface area contributed by atoms with Crippen molar-refractivity contribution in [2.24, 2.45) is 0 Å². The maximum absolute atomic E-state index is 12.2. The maximum Gasteiger partial charge on any atom is 0.257 e. The number of carbonyl (C=O) groups is 1. The SMILES string of the molecule is CCCCN(C)C(=O)c1cnccc1NCC. The van der Waals surface area contributed by atoms with Crippen molar-refractivity contribution in [1.29, 1.82) is 0 Å². The molecular formula is C13H21N3O. The molecule has 0 saturated heterocycles. The lowest BCUT2D eigenvalue weighted by Gasteiger charge is -2.18. The Hall–Kier alpha value is -1.58. The normalized spacial score (nSPS) is 10.1. The molecule has 0 spiro atoms. The molecule has 0 aliphatic rings. The van der Waals surface area contributed by atoms with E-state index in [0.29, 0.717) is 5.56 Å². The summed E-state index contributed by atoms with van der Waals surface area (Å²) in [5, 5.41) is 3.18. The zero-order valence-electron chi connectivity index (χ0n) is 10.9. The van der Waals surface area contributed by atoms with E-state index >= 15 is 0 Å². The first-order valence-electron chi connectivity index (χ1n) is 6.14. The largest absolute Gasteiger partial charge is 0.385 e. The second-order valence-electron chi connectivity index (χ2n) is 4.03. The first kappa shape index (κ1) is 13.5. The van der Waals surface area contributed by atoms with Gasteiger partial charge in [-0.15, -0.1) is 0 Å². The zero-order valence-corrected chi connectivity index (χ0v) is 10.9. The molecule has 0 aromatic carbocycles. The van der Waals surface area contributed by atoms with Gasteiger partial charge in [-0.05, 0) is 19.4 Å². The highest BCUT2D eigenvalue weighted by atomic mass is 16.2. The van der Waals surface area contributed by atoms with Gasteiger partial charge >= 0.3 is 0 Å². The predicted octanol–water partition coefficient (Wildman–Crippen LogP) is 2.39. The minimum absolute atomic E-state index is 0.0301. The Kier molecular flexibility index (Phi) is 5.46. The molecule has 17 heavy (non-hydrogen) atoms. The number of nitrogens with zero attached hydrogens (tertiary/aromatic N) is 2. The van der Waals surface area contributed by atoms with Crippen molar-refractivity contribution in [3.8, 4) is 0 Å². The van der Waals surface area contributed by atoms with Gasteiger partial charge in [-0.1, -0.05) is 13.3 Å². The van der Waals surface area contributed by atoms with Crippen LogP contribution in [0.1, 0.15) is 37.0 Å². The second kappa shape index (κ2) is 6.89. The van der Waals surface area contributed by atoms with Crippen LogP contribution in [0.4, 0.5) is 5.69 Å². The van der Waals surface area contributed by atoms with Crippen molar-refractivity contribution in [2.75, 3.05) is 25.5 Å². The third-order valence-corrected chi connectivity index (χ3v) is 2.61. The Morgan fingerprint density at radius 2 is 2.24 bits per heavy atom. The van der Waals surface area contributed by atoms with E-state index in [0.717, 1.165) is 31.6 Å². The molecule has 0 atom stereocenters. The maximum atomic E-state index is 12.2. The summed E-state index contributed by atoms with van der Waals surface area (Å²) in [6, 6.07) is 1.84. The summed E-state index contributed by atoms with van der Waals surface area (Å²) in [6.45, 7) is 5.71. The highest BCUT2D eigenvalue weighted by Crippen LogP contribution is 2.15. The second-order valence-corrected chi connectivity index (χ2v) is 4.03. The first-order chi connectivity index (χ1) is 8.20. The van der Waals surface area contributed by atoms with Crippen molar-refractivity contribution in [1.82, 2.24) is 9.88 Å². The molecule has 1 N–H and O–H groups in total. The van der Waals surface area contributed by atoms with Crippen LogP contribution < -0.4 is 5.32 Å². The molecule has 0 unspecified atom stereocenters. The van der Waals surface area contributed by atoms with Gasteiger partial charge in [0.1, 0.15) is 0 Å². The predicted molar refractivity (Wildman–Crippen MR) is 70.3 cm³/mol. The quantitative estimate of drug-likeness (QED) is 0.823. The molecule has 0 saturated carbocycles. The Labute approximate surface area is 103 Å². The van der Waals surface area contributed by atoms with Crippen LogP contribution in [0.3, 0.4) is 0 Å². The zero-order chi connectivity index (χ0) is 12.7. The molecular weight excluding hydrogens is 214 g/mol. The van der Waals surface area contributed by atoms with E-state index in [2.05, 4.69) is 17.2 Å². The van der Waals surface area contributed by atoms with Crippen molar-refractivity contribution in [2.45, 2.75) is 26.7 Å². The van der Waals surface area contributed by atoms with Gasteiger partial charge in [0.15, 0.2) is 0 Å². The Morgan fingerprint density at radius 3 is 2.88 bits per heavy atom. The van der Waals surface area contributed by atoms with Crippen molar-refractivity contribution in [3.05, 3.63) is 24.0 Å². The summed E-state index contributed by atoms with van der Waals surface area (Å²) in [5.74, 6) is 0.0301. The molecule has 0 aliphatic heterocycles. The molecule has 4 heteroatoms. The van der Waals surface area contributed by atoms with Crippen molar-refractivity contribution in [3.63, 3.8) is 0 Å². The number of amides is 1. The van der Waals surface area contributed by atoms with Crippen LogP contribution in [0.25, 0.3) is 0 Å². The number of nitrogens with one attached hydrogen (secondary N) is 1. The fourth-order valence-electron chi connectivity index (χ4n) is 1.61. The van der Waals surface area contributed by atoms with E-state index in [9.17, 15) is 4.79 Å². The summed E-state index contributed by atoms with van der Waals surface area (Å²) in [7, 11) is 1.83. The van der Waals surface area contributed by atoms with Crippen LogP contribution in [0, 0.1) is 0 Å². The van der Waals surface area contributed by atoms with Crippen molar-refractivity contribution < 1.29 is 4.79 Å². The number of carbonyl (C=O) groups excluding carboxylic acids is 1. The molecule has 1 rings (SSSR count). The Bertz CT molecular complexity index is 365. The molecule has 1 aromatic rings. The number of pyridine rings is 1. The third kappa shape index (κ3) is 3.73. The van der Waals surface area contributed by atoms with Gasteiger partial charge in [0, 0.05) is 32.5 Å². The van der Waals surface area contributed by atoms with E-state index in [-0.39, 0.29) is 5.91 Å². The van der Waals surface area contributed by atoms with Gasteiger partial charge in [-0.25, -0.2) is 0 Å². The number of unbranched alkanes of at least 4 members (excludes halogenated alkanes) is 1. The van der Waals surface area contributed by atoms with Gasteiger partial charge in [0.2, 0.25) is 0 Å². The molecule has 0 aliphatic carbocycles. The third-order valence-electron chi connectivity index (χ3n) is 2.61. The first-order valence-corrected chi connectivity index (χ1v) is 6.14. The van der Waals surface area contributed by atoms with Crippen LogP contribution in [0.5, 0.6) is 0 Å². The Morgan fingerprint density at radius 1 is 1.47 bits per heavy atom. The summed E-state index contributed by atoms with van der Waals surface area (Å²) in [6.07, 6.45) is 5.44. The van der Waals surface area contributed by atoms with E-state index in [1.165, 1.54) is 0 Å². The lowest BCUT2D eigenvalue weighted by Crippen LogP contribution is -2.28. The number of rotatable bonds is 6. The van der Waals surface area contributed by atoms with Gasteiger partial charge in [0.05, 0.1) is 11.3 Å². The highest BCUT2D eigenvalue weighted by Gasteiger charge is 2.15. The minimum Gasteiger partial charge on any atom is -0.385 e. The topological polar surface area (TPSA) is 45.2 Å². The number of hydrogen-bond donors (Lipinski definition) is 1. The average Bonchev–Trinajstić information content (AvgIpc) is 2.36. The number of aromatic nitrogens is 1. The standard InChI is InChI=1S/C13H21N3O/c1-4-6-9-16(3)13(17)11-10-14-8-7-12(11)15-5-2/h7-8,10H,4-6,9H2,1-3H3,(H,14,15). The van der Waals surface area contributed by atoms with Gasteiger partial charge in [-0.2, -0.15) is 0 Å². The summed E-state index contributed by atoms with van der Waals surface area (Å²) in [4.78, 5) is 18.0. The molecule has 0 fully saturated rings. The van der Waals surface area contributed by atoms with E-state index in [1.54, 1.807) is 17.3 Å². The molecule has 0 bridgehead atoms. The lowest BCUT2D eigenvalue weighted by molar-refractivity contribution is 0.0794. The van der Waals surface area contributed by atoms with Crippen LogP contribution in [0.15, 0.2) is 18.5 Å². The van der Waals surface area contributed by atoms with Crippen LogP contribution in [-0.2, 0) is 0 Å². The average molecular weight is 235 g/mol. The minimum atomic E-state index is 0.0301. The molecule has 4 nitrogen and oxygen atoms in total. The number of anilines is 1. The van der Waals surface area contributed by atoms with Gasteiger partial charge in [0.25, 0.3) is 5.91 Å². The van der Waals surface area contributed by atoms with Crippen LogP contribution >= 0.6 is 0 Å². The van der Waals surface area contributed by atoms with E-state index < -0.39 is 0 Å². The van der Waals surface area contributed by atoms with Crippen LogP contribution in [-0.4, -0.2) is 35.9 Å². The number of hydrogen-bond acceptors (Lipinski definition) is 3. The van der Waals surface area contributed by atoms with Gasteiger partial charge in [-0.3, -0.25) is 9.78 Å².